The first-order valence-corrected chi connectivity index (χ1v) is 5.90. The van der Waals surface area contributed by atoms with Gasteiger partial charge in [-0.05, 0) is 5.56 Å². The Morgan fingerprint density at radius 1 is 1.33 bits per heavy atom. The first-order chi connectivity index (χ1) is 9.83. The third-order valence-corrected chi connectivity index (χ3v) is 2.76. The van der Waals surface area contributed by atoms with Gasteiger partial charge in [-0.25, -0.2) is 9.48 Å². The van der Waals surface area contributed by atoms with Gasteiger partial charge in [0.1, 0.15) is 12.4 Å². The molecule has 0 spiro atoms. The average molecular weight is 299 g/mol. The van der Waals surface area contributed by atoms with Crippen LogP contribution in [0.25, 0.3) is 11.1 Å². The van der Waals surface area contributed by atoms with Crippen LogP contribution >= 0.6 is 0 Å². The minimum atomic E-state index is -4.50. The van der Waals surface area contributed by atoms with E-state index >= 15 is 0 Å². The molecule has 0 fully saturated rings. The summed E-state index contributed by atoms with van der Waals surface area (Å²) in [7, 11) is 1.12. The van der Waals surface area contributed by atoms with Gasteiger partial charge >= 0.3 is 12.1 Å². The van der Waals surface area contributed by atoms with Crippen LogP contribution in [-0.2, 0) is 11.3 Å². The second-order valence-electron chi connectivity index (χ2n) is 4.24. The number of benzene rings is 1. The summed E-state index contributed by atoms with van der Waals surface area (Å²) in [5.41, 5.74) is 6.10. The van der Waals surface area contributed by atoms with Crippen molar-refractivity contribution in [2.24, 2.45) is 0 Å². The SMILES string of the molecule is COC(=O)c1nn(CC(F)(F)F)c(N)c1-c1ccccc1. The number of methoxy groups -OCH3 is 1. The zero-order valence-electron chi connectivity index (χ0n) is 11.0. The molecule has 1 aromatic carbocycles. The van der Waals surface area contributed by atoms with Crippen LogP contribution in [-0.4, -0.2) is 29.0 Å². The van der Waals surface area contributed by atoms with Gasteiger partial charge in [0.05, 0.1) is 12.7 Å². The molecular weight excluding hydrogens is 287 g/mol. The lowest BCUT2D eigenvalue weighted by Gasteiger charge is -2.08. The van der Waals surface area contributed by atoms with Crippen LogP contribution in [0, 0.1) is 0 Å². The summed E-state index contributed by atoms with van der Waals surface area (Å²) in [5, 5.41) is 3.64. The summed E-state index contributed by atoms with van der Waals surface area (Å²) in [5.74, 6) is -1.08. The number of hydrogen-bond acceptors (Lipinski definition) is 4. The molecular formula is C13H12F3N3O2. The van der Waals surface area contributed by atoms with Crippen molar-refractivity contribution in [1.29, 1.82) is 0 Å². The predicted molar refractivity (Wildman–Crippen MR) is 69.5 cm³/mol. The van der Waals surface area contributed by atoms with E-state index in [0.29, 0.717) is 10.2 Å². The highest BCUT2D eigenvalue weighted by Gasteiger charge is 2.32. The number of nitrogen functional groups attached to an aromatic ring is 1. The number of hydrogen-bond donors (Lipinski definition) is 1. The number of esters is 1. The monoisotopic (exact) mass is 299 g/mol. The van der Waals surface area contributed by atoms with E-state index in [0.717, 1.165) is 7.11 Å². The van der Waals surface area contributed by atoms with Gasteiger partial charge in [-0.2, -0.15) is 18.3 Å². The molecule has 0 aliphatic carbocycles. The van der Waals surface area contributed by atoms with Gasteiger partial charge in [0.2, 0.25) is 0 Å². The maximum absolute atomic E-state index is 12.5. The number of rotatable bonds is 3. The largest absolute Gasteiger partial charge is 0.464 e. The minimum Gasteiger partial charge on any atom is -0.464 e. The van der Waals surface area contributed by atoms with E-state index < -0.39 is 18.7 Å². The molecule has 2 aromatic rings. The standard InChI is InChI=1S/C13H12F3N3O2/c1-21-12(20)10-9(8-5-3-2-4-6-8)11(17)19(18-10)7-13(14,15)16/h2-6H,7,17H2,1H3. The lowest BCUT2D eigenvalue weighted by Crippen LogP contribution is -2.20. The molecule has 1 heterocycles. The van der Waals surface area contributed by atoms with E-state index in [2.05, 4.69) is 9.84 Å². The Balaban J connectivity index is 2.59. The van der Waals surface area contributed by atoms with E-state index in [1.807, 2.05) is 0 Å². The first-order valence-electron chi connectivity index (χ1n) is 5.90. The summed E-state index contributed by atoms with van der Waals surface area (Å²) in [6, 6.07) is 8.33. The number of nitrogens with two attached hydrogens (primary N) is 1. The van der Waals surface area contributed by atoms with Gasteiger partial charge in [-0.15, -0.1) is 0 Å². The zero-order chi connectivity index (χ0) is 15.6. The number of nitrogens with zero attached hydrogens (tertiary/aromatic N) is 2. The smallest absolute Gasteiger partial charge is 0.408 e. The van der Waals surface area contributed by atoms with E-state index in [1.54, 1.807) is 30.3 Å². The Morgan fingerprint density at radius 2 is 1.95 bits per heavy atom. The molecule has 0 bridgehead atoms. The summed E-state index contributed by atoms with van der Waals surface area (Å²) >= 11 is 0. The summed E-state index contributed by atoms with van der Waals surface area (Å²) < 4.78 is 42.6. The normalized spacial score (nSPS) is 11.4. The van der Waals surface area contributed by atoms with Crippen molar-refractivity contribution in [3.8, 4) is 11.1 Å². The van der Waals surface area contributed by atoms with E-state index in [9.17, 15) is 18.0 Å². The predicted octanol–water partition coefficient (Wildman–Crippen LogP) is 2.48. The fourth-order valence-electron chi connectivity index (χ4n) is 1.89. The van der Waals surface area contributed by atoms with Crippen molar-refractivity contribution in [3.63, 3.8) is 0 Å². The van der Waals surface area contributed by atoms with Gasteiger partial charge in [0.25, 0.3) is 0 Å². The zero-order valence-corrected chi connectivity index (χ0v) is 11.0. The molecule has 0 radical (unpaired) electrons. The number of carbonyl (C=O) groups is 1. The van der Waals surface area contributed by atoms with Crippen molar-refractivity contribution in [2.75, 3.05) is 12.8 Å². The molecule has 0 saturated heterocycles. The maximum Gasteiger partial charge on any atom is 0.408 e. The highest BCUT2D eigenvalue weighted by Crippen LogP contribution is 2.31. The number of aromatic nitrogens is 2. The number of halogens is 3. The first kappa shape index (κ1) is 14.9. The molecule has 0 aliphatic heterocycles. The van der Waals surface area contributed by atoms with Crippen LogP contribution in [0.1, 0.15) is 10.5 Å². The van der Waals surface area contributed by atoms with Gasteiger partial charge in [0.15, 0.2) is 5.69 Å². The van der Waals surface area contributed by atoms with Crippen LogP contribution in [0.5, 0.6) is 0 Å². The molecule has 0 unspecified atom stereocenters. The molecule has 2 rings (SSSR count). The van der Waals surface area contributed by atoms with Crippen LogP contribution in [0.3, 0.4) is 0 Å². The van der Waals surface area contributed by atoms with Crippen molar-refractivity contribution in [3.05, 3.63) is 36.0 Å². The van der Waals surface area contributed by atoms with Crippen LogP contribution in [0.4, 0.5) is 19.0 Å². The van der Waals surface area contributed by atoms with Gasteiger partial charge in [0, 0.05) is 0 Å². The highest BCUT2D eigenvalue weighted by molar-refractivity contribution is 5.98. The average Bonchev–Trinajstić information content (AvgIpc) is 2.74. The van der Waals surface area contributed by atoms with E-state index in [1.165, 1.54) is 0 Å². The fraction of sp³-hybridized carbons (Fsp3) is 0.231. The highest BCUT2D eigenvalue weighted by atomic mass is 19.4. The maximum atomic E-state index is 12.5. The molecule has 5 nitrogen and oxygen atoms in total. The van der Waals surface area contributed by atoms with Crippen LogP contribution in [0.2, 0.25) is 0 Å². The molecule has 0 atom stereocenters. The third kappa shape index (κ3) is 3.15. The van der Waals surface area contributed by atoms with Crippen molar-refractivity contribution in [2.45, 2.75) is 12.7 Å². The quantitative estimate of drug-likeness (QED) is 0.884. The third-order valence-electron chi connectivity index (χ3n) is 2.76. The topological polar surface area (TPSA) is 70.1 Å². The fourth-order valence-corrected chi connectivity index (χ4v) is 1.89. The van der Waals surface area contributed by atoms with Crippen molar-refractivity contribution < 1.29 is 22.7 Å². The Labute approximate surface area is 118 Å². The van der Waals surface area contributed by atoms with Crippen LogP contribution < -0.4 is 5.73 Å². The summed E-state index contributed by atoms with van der Waals surface area (Å²) in [6.45, 7) is -1.38. The number of carbonyl (C=O) groups excluding carboxylic acids is 1. The molecule has 0 amide bonds. The molecule has 2 N–H and O–H groups in total. The van der Waals surface area contributed by atoms with Gasteiger partial charge < -0.3 is 10.5 Å². The Kier molecular flexibility index (Phi) is 3.88. The Hall–Kier alpha value is -2.51. The molecule has 1 aromatic heterocycles. The summed E-state index contributed by atoms with van der Waals surface area (Å²) in [6.07, 6.45) is -4.50. The second kappa shape index (κ2) is 5.47. The van der Waals surface area contributed by atoms with Crippen molar-refractivity contribution in [1.82, 2.24) is 9.78 Å². The summed E-state index contributed by atoms with van der Waals surface area (Å²) in [4.78, 5) is 11.7. The van der Waals surface area contributed by atoms with Crippen molar-refractivity contribution >= 4 is 11.8 Å². The second-order valence-corrected chi connectivity index (χ2v) is 4.24. The number of alkyl halides is 3. The Bertz CT molecular complexity index is 651. The van der Waals surface area contributed by atoms with E-state index in [4.69, 9.17) is 5.73 Å². The molecule has 112 valence electrons. The van der Waals surface area contributed by atoms with Gasteiger partial charge in [-0.3, -0.25) is 0 Å². The number of anilines is 1. The lowest BCUT2D eigenvalue weighted by molar-refractivity contribution is -0.142. The number of ether oxygens (including phenoxy) is 1. The molecule has 21 heavy (non-hydrogen) atoms. The Morgan fingerprint density at radius 3 is 2.48 bits per heavy atom. The van der Waals surface area contributed by atoms with E-state index in [-0.39, 0.29) is 17.1 Å². The molecule has 8 heteroatoms. The molecule has 0 saturated carbocycles. The van der Waals surface area contributed by atoms with Crippen LogP contribution in [0.15, 0.2) is 30.3 Å². The minimum absolute atomic E-state index is 0.131. The van der Waals surface area contributed by atoms with Gasteiger partial charge in [-0.1, -0.05) is 30.3 Å². The lowest BCUT2D eigenvalue weighted by atomic mass is 10.1. The molecule has 0 aliphatic rings.